The third kappa shape index (κ3) is 6.66. The zero-order valence-electron chi connectivity index (χ0n) is 13.4. The molecule has 0 radical (unpaired) electrons. The van der Waals surface area contributed by atoms with E-state index in [9.17, 15) is 13.2 Å². The van der Waals surface area contributed by atoms with Crippen molar-refractivity contribution in [2.75, 3.05) is 19.6 Å². The van der Waals surface area contributed by atoms with E-state index >= 15 is 0 Å². The lowest BCUT2D eigenvalue weighted by molar-refractivity contribution is -0.132. The van der Waals surface area contributed by atoms with Crippen LogP contribution >= 0.6 is 35.6 Å². The molecule has 1 aromatic rings. The Morgan fingerprint density at radius 2 is 1.83 bits per heavy atom. The molecule has 1 aromatic carbocycles. The van der Waals surface area contributed by atoms with Crippen molar-refractivity contribution in [1.82, 2.24) is 10.6 Å². The Morgan fingerprint density at radius 1 is 1.21 bits per heavy atom. The van der Waals surface area contributed by atoms with E-state index in [2.05, 4.69) is 15.6 Å². The van der Waals surface area contributed by atoms with Crippen molar-refractivity contribution in [3.63, 3.8) is 0 Å². The van der Waals surface area contributed by atoms with Crippen LogP contribution in [0.1, 0.15) is 31.7 Å². The SMILES string of the molecule is CCNC(=NCC1(c2ccc(Cl)cc2)CC1)NCCC(F)(F)F.I. The van der Waals surface area contributed by atoms with Crippen LogP contribution < -0.4 is 10.6 Å². The van der Waals surface area contributed by atoms with Gasteiger partial charge in [-0.05, 0) is 37.5 Å². The van der Waals surface area contributed by atoms with Crippen molar-refractivity contribution in [1.29, 1.82) is 0 Å². The second-order valence-corrected chi connectivity index (χ2v) is 6.21. The topological polar surface area (TPSA) is 36.4 Å². The van der Waals surface area contributed by atoms with Crippen molar-refractivity contribution >= 4 is 41.5 Å². The number of aliphatic imine (C=N–C) groups is 1. The summed E-state index contributed by atoms with van der Waals surface area (Å²) in [6.45, 7) is 2.86. The zero-order valence-corrected chi connectivity index (χ0v) is 16.5. The number of rotatable bonds is 6. The molecule has 1 aliphatic rings. The van der Waals surface area contributed by atoms with Crippen LogP contribution in [0, 0.1) is 0 Å². The molecule has 0 amide bonds. The van der Waals surface area contributed by atoms with Crippen molar-refractivity contribution in [2.45, 2.75) is 37.8 Å². The van der Waals surface area contributed by atoms with E-state index in [4.69, 9.17) is 11.6 Å². The van der Waals surface area contributed by atoms with Crippen LogP contribution in [0.2, 0.25) is 5.02 Å². The summed E-state index contributed by atoms with van der Waals surface area (Å²) in [6, 6.07) is 7.70. The molecule has 24 heavy (non-hydrogen) atoms. The third-order valence-corrected chi connectivity index (χ3v) is 4.15. The molecule has 0 aliphatic heterocycles. The van der Waals surface area contributed by atoms with Gasteiger partial charge in [-0.15, -0.1) is 24.0 Å². The monoisotopic (exact) mass is 475 g/mol. The molecule has 2 N–H and O–H groups in total. The first-order valence-electron chi connectivity index (χ1n) is 7.70. The summed E-state index contributed by atoms with van der Waals surface area (Å²) >= 11 is 5.91. The summed E-state index contributed by atoms with van der Waals surface area (Å²) in [5.41, 5.74) is 1.17. The molecular weight excluding hydrogens is 454 g/mol. The first-order valence-corrected chi connectivity index (χ1v) is 8.07. The van der Waals surface area contributed by atoms with Gasteiger partial charge in [0, 0.05) is 23.5 Å². The normalized spacial score (nSPS) is 16.3. The molecule has 0 unspecified atom stereocenters. The largest absolute Gasteiger partial charge is 0.390 e. The van der Waals surface area contributed by atoms with Crippen LogP contribution in [-0.2, 0) is 5.41 Å². The number of benzene rings is 1. The highest BCUT2D eigenvalue weighted by Gasteiger charge is 2.44. The molecule has 0 heterocycles. The van der Waals surface area contributed by atoms with Gasteiger partial charge >= 0.3 is 6.18 Å². The second kappa shape index (κ2) is 9.12. The molecule has 0 aromatic heterocycles. The van der Waals surface area contributed by atoms with Crippen molar-refractivity contribution in [3.05, 3.63) is 34.9 Å². The van der Waals surface area contributed by atoms with E-state index in [-0.39, 0.29) is 35.9 Å². The number of hydrogen-bond acceptors (Lipinski definition) is 1. The Balaban J connectivity index is 0.00000288. The minimum absolute atomic E-state index is 0. The maximum absolute atomic E-state index is 12.2. The Bertz CT molecular complexity index is 542. The van der Waals surface area contributed by atoms with Gasteiger partial charge < -0.3 is 10.6 Å². The van der Waals surface area contributed by atoms with Crippen molar-refractivity contribution in [3.8, 4) is 0 Å². The average molecular weight is 476 g/mol. The van der Waals surface area contributed by atoms with E-state index < -0.39 is 12.6 Å². The highest BCUT2D eigenvalue weighted by Crippen LogP contribution is 2.48. The fraction of sp³-hybridized carbons (Fsp3) is 0.562. The van der Waals surface area contributed by atoms with Gasteiger partial charge in [0.25, 0.3) is 0 Å². The van der Waals surface area contributed by atoms with E-state index in [0.29, 0.717) is 24.1 Å². The summed E-state index contributed by atoms with van der Waals surface area (Å²) in [5.74, 6) is 0.428. The van der Waals surface area contributed by atoms with Crippen LogP contribution in [0.25, 0.3) is 0 Å². The number of guanidine groups is 1. The lowest BCUT2D eigenvalue weighted by atomic mass is 9.96. The number of hydrogen-bond donors (Lipinski definition) is 2. The minimum Gasteiger partial charge on any atom is -0.357 e. The molecule has 0 atom stereocenters. The molecule has 0 saturated heterocycles. The standard InChI is InChI=1S/C16H21ClF3N3.HI/c1-2-21-14(22-10-9-16(18,19)20)23-11-15(7-8-15)12-3-5-13(17)6-4-12;/h3-6H,2,7-11H2,1H3,(H2,21,22,23);1H. The predicted molar refractivity (Wildman–Crippen MR) is 102 cm³/mol. The predicted octanol–water partition coefficient (Wildman–Crippen LogP) is 4.50. The van der Waals surface area contributed by atoms with E-state index in [1.807, 2.05) is 31.2 Å². The van der Waals surface area contributed by atoms with Gasteiger partial charge in [-0.1, -0.05) is 23.7 Å². The number of halogens is 5. The fourth-order valence-corrected chi connectivity index (χ4v) is 2.51. The van der Waals surface area contributed by atoms with Crippen molar-refractivity contribution < 1.29 is 13.2 Å². The van der Waals surface area contributed by atoms with Gasteiger partial charge in [-0.25, -0.2) is 0 Å². The molecule has 1 fully saturated rings. The van der Waals surface area contributed by atoms with E-state index in [1.54, 1.807) is 0 Å². The lowest BCUT2D eigenvalue weighted by Gasteiger charge is -2.16. The highest BCUT2D eigenvalue weighted by molar-refractivity contribution is 14.0. The van der Waals surface area contributed by atoms with Crippen LogP contribution in [0.3, 0.4) is 0 Å². The van der Waals surface area contributed by atoms with Gasteiger partial charge in [-0.3, -0.25) is 4.99 Å². The summed E-state index contributed by atoms with van der Waals surface area (Å²) < 4.78 is 36.7. The van der Waals surface area contributed by atoms with Crippen LogP contribution in [0.4, 0.5) is 13.2 Å². The highest BCUT2D eigenvalue weighted by atomic mass is 127. The van der Waals surface area contributed by atoms with Crippen LogP contribution in [0.15, 0.2) is 29.3 Å². The molecular formula is C16H22ClF3IN3. The van der Waals surface area contributed by atoms with Crippen LogP contribution in [-0.4, -0.2) is 31.8 Å². The number of alkyl halides is 3. The van der Waals surface area contributed by atoms with E-state index in [1.165, 1.54) is 5.56 Å². The number of nitrogens with zero attached hydrogens (tertiary/aromatic N) is 1. The third-order valence-electron chi connectivity index (χ3n) is 3.90. The fourth-order valence-electron chi connectivity index (χ4n) is 2.39. The Kier molecular flexibility index (Phi) is 8.11. The Labute approximate surface area is 162 Å². The maximum atomic E-state index is 12.2. The summed E-state index contributed by atoms with van der Waals surface area (Å²) in [7, 11) is 0. The minimum atomic E-state index is -4.16. The lowest BCUT2D eigenvalue weighted by Crippen LogP contribution is -2.39. The molecule has 2 rings (SSSR count). The molecule has 136 valence electrons. The molecule has 3 nitrogen and oxygen atoms in total. The Morgan fingerprint density at radius 3 is 2.33 bits per heavy atom. The van der Waals surface area contributed by atoms with Gasteiger partial charge in [0.2, 0.25) is 0 Å². The Hall–Kier alpha value is -0.700. The van der Waals surface area contributed by atoms with Gasteiger partial charge in [0.15, 0.2) is 5.96 Å². The van der Waals surface area contributed by atoms with E-state index in [0.717, 1.165) is 12.8 Å². The van der Waals surface area contributed by atoms with Gasteiger partial charge in [-0.2, -0.15) is 13.2 Å². The maximum Gasteiger partial charge on any atom is 0.390 e. The van der Waals surface area contributed by atoms with Gasteiger partial charge in [0.05, 0.1) is 13.0 Å². The summed E-state index contributed by atoms with van der Waals surface area (Å²) in [6.07, 6.45) is -2.98. The second-order valence-electron chi connectivity index (χ2n) is 5.77. The first kappa shape index (κ1) is 21.3. The van der Waals surface area contributed by atoms with Gasteiger partial charge in [0.1, 0.15) is 0 Å². The molecule has 1 saturated carbocycles. The first-order chi connectivity index (χ1) is 10.8. The summed E-state index contributed by atoms with van der Waals surface area (Å²) in [4.78, 5) is 4.46. The molecule has 8 heteroatoms. The molecule has 0 spiro atoms. The number of nitrogens with one attached hydrogen (secondary N) is 2. The van der Waals surface area contributed by atoms with Crippen molar-refractivity contribution in [2.24, 2.45) is 4.99 Å². The quantitative estimate of drug-likeness (QED) is 0.361. The zero-order chi connectivity index (χ0) is 16.9. The summed E-state index contributed by atoms with van der Waals surface area (Å²) in [5, 5.41) is 6.41. The average Bonchev–Trinajstić information content (AvgIpc) is 3.25. The molecule has 1 aliphatic carbocycles. The smallest absolute Gasteiger partial charge is 0.357 e. The van der Waals surface area contributed by atoms with Crippen LogP contribution in [0.5, 0.6) is 0 Å². The molecule has 0 bridgehead atoms.